The van der Waals surface area contributed by atoms with Crippen LogP contribution < -0.4 is 24.8 Å². The van der Waals surface area contributed by atoms with Gasteiger partial charge in [-0.15, -0.1) is 0 Å². The molecule has 3 rings (SSSR count). The van der Waals surface area contributed by atoms with Gasteiger partial charge in [0.2, 0.25) is 0 Å². The molecule has 0 fully saturated rings. The van der Waals surface area contributed by atoms with Gasteiger partial charge in [-0.25, -0.2) is 0 Å². The molecule has 0 heterocycles. The van der Waals surface area contributed by atoms with Crippen LogP contribution in [0.2, 0.25) is 5.02 Å². The van der Waals surface area contributed by atoms with Crippen LogP contribution in [0.15, 0.2) is 66.2 Å². The number of carbonyl (C=O) groups is 2. The minimum absolute atomic E-state index is 0.0925. The molecule has 3 aromatic carbocycles. The predicted molar refractivity (Wildman–Crippen MR) is 151 cm³/mol. The Morgan fingerprint density at radius 1 is 1.03 bits per heavy atom. The SMILES string of the molecule is CCOc1cc(/C=C(\C#N)C(=O)Nc2ccc(OC)cc2)cc(I)c1OCC(=O)Nc1ccc(Cl)cc1. The second-order valence-electron chi connectivity index (χ2n) is 7.46. The van der Waals surface area contributed by atoms with Crippen LogP contribution in [0.4, 0.5) is 11.4 Å². The van der Waals surface area contributed by atoms with Crippen LogP contribution in [0, 0.1) is 14.9 Å². The summed E-state index contributed by atoms with van der Waals surface area (Å²) in [7, 11) is 1.55. The Morgan fingerprint density at radius 2 is 1.68 bits per heavy atom. The Balaban J connectivity index is 1.75. The maximum Gasteiger partial charge on any atom is 0.266 e. The third kappa shape index (κ3) is 8.13. The fourth-order valence-corrected chi connectivity index (χ4v) is 4.04. The monoisotopic (exact) mass is 631 g/mol. The van der Waals surface area contributed by atoms with E-state index in [0.29, 0.717) is 49.4 Å². The van der Waals surface area contributed by atoms with Gasteiger partial charge in [-0.3, -0.25) is 9.59 Å². The van der Waals surface area contributed by atoms with Crippen molar-refractivity contribution in [3.05, 3.63) is 80.4 Å². The number of amides is 2. The molecule has 0 aromatic heterocycles. The number of methoxy groups -OCH3 is 1. The number of ether oxygens (including phenoxy) is 3. The Hall–Kier alpha value is -3.75. The van der Waals surface area contributed by atoms with Crippen LogP contribution in [-0.2, 0) is 9.59 Å². The molecule has 0 atom stereocenters. The third-order valence-electron chi connectivity index (χ3n) is 4.83. The summed E-state index contributed by atoms with van der Waals surface area (Å²) in [5.74, 6) is 0.503. The molecule has 10 heteroatoms. The van der Waals surface area contributed by atoms with Gasteiger partial charge in [0.05, 0.1) is 17.3 Å². The summed E-state index contributed by atoms with van der Waals surface area (Å²) >= 11 is 7.92. The summed E-state index contributed by atoms with van der Waals surface area (Å²) in [6.07, 6.45) is 1.46. The molecular formula is C27H23ClIN3O5. The molecule has 8 nitrogen and oxygen atoms in total. The normalized spacial score (nSPS) is 10.7. The molecule has 0 unspecified atom stereocenters. The van der Waals surface area contributed by atoms with E-state index in [1.807, 2.05) is 13.0 Å². The van der Waals surface area contributed by atoms with Crippen molar-refractivity contribution in [1.29, 1.82) is 5.26 Å². The topological polar surface area (TPSA) is 110 Å². The molecule has 2 amide bonds. The number of nitrogens with zero attached hydrogens (tertiary/aromatic N) is 1. The number of halogens is 2. The van der Waals surface area contributed by atoms with Gasteiger partial charge in [0, 0.05) is 16.4 Å². The van der Waals surface area contributed by atoms with Gasteiger partial charge >= 0.3 is 0 Å². The van der Waals surface area contributed by atoms with Crippen molar-refractivity contribution in [2.24, 2.45) is 0 Å². The third-order valence-corrected chi connectivity index (χ3v) is 5.88. The molecule has 0 aliphatic carbocycles. The molecule has 0 aliphatic rings. The zero-order chi connectivity index (χ0) is 26.8. The summed E-state index contributed by atoms with van der Waals surface area (Å²) in [4.78, 5) is 25.0. The Morgan fingerprint density at radius 3 is 2.30 bits per heavy atom. The lowest BCUT2D eigenvalue weighted by Crippen LogP contribution is -2.20. The van der Waals surface area contributed by atoms with Crippen LogP contribution in [0.5, 0.6) is 17.2 Å². The Labute approximate surface area is 233 Å². The first-order valence-electron chi connectivity index (χ1n) is 11.0. The van der Waals surface area contributed by atoms with E-state index in [4.69, 9.17) is 25.8 Å². The first kappa shape index (κ1) is 27.8. The molecular weight excluding hydrogens is 609 g/mol. The Kier molecular flexibility index (Phi) is 10.2. The second kappa shape index (κ2) is 13.5. The maximum absolute atomic E-state index is 12.7. The van der Waals surface area contributed by atoms with Crippen molar-refractivity contribution in [2.45, 2.75) is 6.92 Å². The number of anilines is 2. The number of benzene rings is 3. The average molecular weight is 632 g/mol. The first-order chi connectivity index (χ1) is 17.8. The maximum atomic E-state index is 12.7. The van der Waals surface area contributed by atoms with Gasteiger partial charge in [-0.05, 0) is 102 Å². The van der Waals surface area contributed by atoms with Crippen molar-refractivity contribution in [2.75, 3.05) is 31.0 Å². The van der Waals surface area contributed by atoms with Crippen molar-refractivity contribution < 1.29 is 23.8 Å². The number of rotatable bonds is 10. The van der Waals surface area contributed by atoms with Gasteiger partial charge < -0.3 is 24.8 Å². The predicted octanol–water partition coefficient (Wildman–Crippen LogP) is 5.92. The van der Waals surface area contributed by atoms with Gasteiger partial charge in [0.1, 0.15) is 17.4 Å². The van der Waals surface area contributed by atoms with Crippen LogP contribution in [0.1, 0.15) is 12.5 Å². The van der Waals surface area contributed by atoms with Crippen LogP contribution >= 0.6 is 34.2 Å². The number of hydrogen-bond acceptors (Lipinski definition) is 6. The molecule has 2 N–H and O–H groups in total. The lowest BCUT2D eigenvalue weighted by Gasteiger charge is -2.15. The van der Waals surface area contributed by atoms with Crippen molar-refractivity contribution >= 4 is 63.5 Å². The second-order valence-corrected chi connectivity index (χ2v) is 9.06. The molecule has 0 saturated carbocycles. The van der Waals surface area contributed by atoms with Crippen molar-refractivity contribution in [3.63, 3.8) is 0 Å². The van der Waals surface area contributed by atoms with Crippen LogP contribution in [-0.4, -0.2) is 32.1 Å². The van der Waals surface area contributed by atoms with Gasteiger partial charge in [-0.2, -0.15) is 5.26 Å². The highest BCUT2D eigenvalue weighted by molar-refractivity contribution is 14.1. The van der Waals surface area contributed by atoms with E-state index in [2.05, 4.69) is 33.2 Å². The minimum atomic E-state index is -0.556. The molecule has 190 valence electrons. The van der Waals surface area contributed by atoms with Crippen molar-refractivity contribution in [1.82, 2.24) is 0 Å². The lowest BCUT2D eigenvalue weighted by molar-refractivity contribution is -0.118. The summed E-state index contributed by atoms with van der Waals surface area (Å²) < 4.78 is 17.2. The largest absolute Gasteiger partial charge is 0.497 e. The highest BCUT2D eigenvalue weighted by Crippen LogP contribution is 2.35. The number of nitrogens with one attached hydrogen (secondary N) is 2. The van der Waals surface area contributed by atoms with E-state index in [9.17, 15) is 14.9 Å². The smallest absolute Gasteiger partial charge is 0.266 e. The quantitative estimate of drug-likeness (QED) is 0.164. The molecule has 0 radical (unpaired) electrons. The summed E-state index contributed by atoms with van der Waals surface area (Å²) in [6.45, 7) is 1.91. The van der Waals surface area contributed by atoms with Gasteiger partial charge in [0.25, 0.3) is 11.8 Å². The van der Waals surface area contributed by atoms with E-state index < -0.39 is 5.91 Å². The average Bonchev–Trinajstić information content (AvgIpc) is 2.88. The molecule has 0 bridgehead atoms. The van der Waals surface area contributed by atoms with E-state index in [1.54, 1.807) is 67.8 Å². The fourth-order valence-electron chi connectivity index (χ4n) is 3.13. The van der Waals surface area contributed by atoms with Gasteiger partial charge in [-0.1, -0.05) is 11.6 Å². The van der Waals surface area contributed by atoms with E-state index >= 15 is 0 Å². The molecule has 0 saturated heterocycles. The summed E-state index contributed by atoms with van der Waals surface area (Å²) in [5.41, 5.74) is 1.59. The fraction of sp³-hybridized carbons (Fsp3) is 0.148. The number of hydrogen-bond donors (Lipinski definition) is 2. The number of carbonyl (C=O) groups excluding carboxylic acids is 2. The highest BCUT2D eigenvalue weighted by atomic mass is 127. The zero-order valence-electron chi connectivity index (χ0n) is 20.0. The van der Waals surface area contributed by atoms with Crippen LogP contribution in [0.25, 0.3) is 6.08 Å². The summed E-state index contributed by atoms with van der Waals surface area (Å²) in [6, 6.07) is 18.8. The minimum Gasteiger partial charge on any atom is -0.497 e. The number of nitriles is 1. The van der Waals surface area contributed by atoms with E-state index in [-0.39, 0.29) is 18.1 Å². The standard InChI is InChI=1S/C27H23ClIN3O5/c1-3-36-24-14-17(12-18(15-30)27(34)32-21-8-10-22(35-2)11-9-21)13-23(29)26(24)37-16-25(33)31-20-6-4-19(28)5-7-20/h4-14H,3,16H2,1-2H3,(H,31,33)(H,32,34)/b18-12+. The first-order valence-corrected chi connectivity index (χ1v) is 12.5. The van der Waals surface area contributed by atoms with Crippen molar-refractivity contribution in [3.8, 4) is 23.3 Å². The summed E-state index contributed by atoms with van der Waals surface area (Å²) in [5, 5.41) is 15.6. The molecule has 0 spiro atoms. The Bertz CT molecular complexity index is 1340. The molecule has 3 aromatic rings. The molecule has 0 aliphatic heterocycles. The zero-order valence-corrected chi connectivity index (χ0v) is 22.9. The van der Waals surface area contributed by atoms with E-state index in [1.165, 1.54) is 6.08 Å². The lowest BCUT2D eigenvalue weighted by atomic mass is 10.1. The van der Waals surface area contributed by atoms with E-state index in [0.717, 1.165) is 0 Å². The van der Waals surface area contributed by atoms with Crippen LogP contribution in [0.3, 0.4) is 0 Å². The van der Waals surface area contributed by atoms with Gasteiger partial charge in [0.15, 0.2) is 18.1 Å². The highest BCUT2D eigenvalue weighted by Gasteiger charge is 2.16. The molecule has 37 heavy (non-hydrogen) atoms.